The van der Waals surface area contributed by atoms with Gasteiger partial charge in [0.05, 0.1) is 12.1 Å². The number of hydrogen-bond acceptors (Lipinski definition) is 7. The lowest BCUT2D eigenvalue weighted by Gasteiger charge is -2.29. The van der Waals surface area contributed by atoms with Crippen molar-refractivity contribution in [2.45, 2.75) is 78.4 Å². The summed E-state index contributed by atoms with van der Waals surface area (Å²) in [5, 5.41) is 24.4. The van der Waals surface area contributed by atoms with Crippen LogP contribution >= 0.6 is 0 Å². The summed E-state index contributed by atoms with van der Waals surface area (Å²) < 4.78 is 12.4. The fraction of sp³-hybridized carbons (Fsp3) is 0.433. The first kappa shape index (κ1) is 29.5. The fourth-order valence-electron chi connectivity index (χ4n) is 4.83. The van der Waals surface area contributed by atoms with Gasteiger partial charge in [0.25, 0.3) is 0 Å². The van der Waals surface area contributed by atoms with Crippen molar-refractivity contribution in [2.24, 2.45) is 0 Å². The molecule has 2 aromatic carbocycles. The average Bonchev–Trinajstić information content (AvgIpc) is 3.18. The van der Waals surface area contributed by atoms with Crippen LogP contribution in [0.4, 0.5) is 4.79 Å². The van der Waals surface area contributed by atoms with Crippen LogP contribution in [0.5, 0.6) is 11.5 Å². The molecule has 1 amide bonds. The minimum atomic E-state index is -1.08. The zero-order chi connectivity index (χ0) is 29.1. The van der Waals surface area contributed by atoms with Crippen molar-refractivity contribution >= 4 is 29.4 Å². The van der Waals surface area contributed by atoms with Gasteiger partial charge < -0.3 is 25.0 Å². The number of phenols is 2. The maximum atomic E-state index is 13.3. The number of nitrogens with one attached hydrogen (secondary N) is 1. The number of benzene rings is 2. The number of esters is 1. The number of rotatable bonds is 9. The maximum Gasteiger partial charge on any atom is 0.408 e. The molecule has 3 N–H and O–H groups in total. The highest BCUT2D eigenvalue weighted by atomic mass is 16.6. The molecular weight excluding hydrogens is 500 g/mol. The molecule has 0 aliphatic rings. The van der Waals surface area contributed by atoms with Gasteiger partial charge in [-0.2, -0.15) is 0 Å². The predicted octanol–water partition coefficient (Wildman–Crippen LogP) is 5.05. The fourth-order valence-corrected chi connectivity index (χ4v) is 4.83. The second kappa shape index (κ2) is 11.4. The van der Waals surface area contributed by atoms with Gasteiger partial charge in [-0.15, -0.1) is 0 Å². The van der Waals surface area contributed by atoms with Crippen molar-refractivity contribution in [1.82, 2.24) is 9.88 Å². The predicted molar refractivity (Wildman–Crippen MR) is 149 cm³/mol. The molecule has 1 aromatic heterocycles. The van der Waals surface area contributed by atoms with Crippen LogP contribution in [0.2, 0.25) is 0 Å². The van der Waals surface area contributed by atoms with Crippen LogP contribution in [-0.2, 0) is 30.9 Å². The number of carbonyl (C=O) groups excluding carboxylic acids is 3. The topological polar surface area (TPSA) is 127 Å². The summed E-state index contributed by atoms with van der Waals surface area (Å²) >= 11 is 0. The first-order valence-electron chi connectivity index (χ1n) is 12.9. The van der Waals surface area contributed by atoms with Crippen LogP contribution in [0.25, 0.3) is 10.9 Å². The molecule has 0 unspecified atom stereocenters. The molecule has 9 nitrogen and oxygen atoms in total. The van der Waals surface area contributed by atoms with E-state index < -0.39 is 29.1 Å². The van der Waals surface area contributed by atoms with Gasteiger partial charge in [0.2, 0.25) is 6.41 Å². The Labute approximate surface area is 228 Å². The zero-order valence-electron chi connectivity index (χ0n) is 23.6. The third-order valence-electron chi connectivity index (χ3n) is 6.70. The van der Waals surface area contributed by atoms with Gasteiger partial charge in [-0.1, -0.05) is 32.0 Å². The molecule has 1 atom stereocenters. The molecule has 0 fully saturated rings. The number of para-hydroxylation sites is 1. The van der Waals surface area contributed by atoms with E-state index in [4.69, 9.17) is 9.47 Å². The van der Waals surface area contributed by atoms with Crippen molar-refractivity contribution in [3.05, 3.63) is 58.8 Å². The van der Waals surface area contributed by atoms with Crippen molar-refractivity contribution in [3.63, 3.8) is 0 Å². The van der Waals surface area contributed by atoms with E-state index in [2.05, 4.69) is 5.32 Å². The van der Waals surface area contributed by atoms with Crippen molar-refractivity contribution in [2.75, 3.05) is 6.61 Å². The highest BCUT2D eigenvalue weighted by molar-refractivity contribution is 5.90. The van der Waals surface area contributed by atoms with Crippen LogP contribution in [-0.4, -0.2) is 51.5 Å². The Kier molecular flexibility index (Phi) is 8.63. The molecule has 0 saturated heterocycles. The summed E-state index contributed by atoms with van der Waals surface area (Å²) in [7, 11) is 0. The van der Waals surface area contributed by atoms with E-state index in [9.17, 15) is 24.6 Å². The Morgan fingerprint density at radius 2 is 1.77 bits per heavy atom. The Morgan fingerprint density at radius 1 is 1.10 bits per heavy atom. The monoisotopic (exact) mass is 538 g/mol. The number of amides is 1. The molecule has 3 rings (SSSR count). The molecule has 0 aliphatic carbocycles. The first-order valence-corrected chi connectivity index (χ1v) is 12.9. The molecule has 39 heavy (non-hydrogen) atoms. The minimum absolute atomic E-state index is 0.00193. The normalized spacial score (nSPS) is 12.7. The van der Waals surface area contributed by atoms with Gasteiger partial charge in [-0.25, -0.2) is 9.59 Å². The molecule has 0 spiro atoms. The van der Waals surface area contributed by atoms with E-state index in [1.807, 2.05) is 32.0 Å². The molecule has 0 radical (unpaired) electrons. The number of aromatic hydroxyl groups is 2. The smallest absolute Gasteiger partial charge is 0.408 e. The highest BCUT2D eigenvalue weighted by Crippen LogP contribution is 2.41. The maximum absolute atomic E-state index is 13.3. The second-order valence-electron chi connectivity index (χ2n) is 11.4. The van der Waals surface area contributed by atoms with Gasteiger partial charge in [0.1, 0.15) is 23.1 Å². The molecule has 1 heterocycles. The summed E-state index contributed by atoms with van der Waals surface area (Å²) in [5.41, 5.74) is 1.69. The van der Waals surface area contributed by atoms with Gasteiger partial charge in [-0.05, 0) is 75.3 Å². The van der Waals surface area contributed by atoms with Gasteiger partial charge in [-0.3, -0.25) is 9.36 Å². The number of phenolic OH excluding ortho intramolecular Hbond substituents is 2. The third kappa shape index (κ3) is 6.90. The number of carbonyl (C=O) groups is 3. The number of aryl methyl sites for hydroxylation is 1. The van der Waals surface area contributed by atoms with E-state index in [0.717, 1.165) is 5.39 Å². The van der Waals surface area contributed by atoms with E-state index in [0.29, 0.717) is 40.6 Å². The van der Waals surface area contributed by atoms with E-state index in [-0.39, 0.29) is 24.5 Å². The number of ether oxygens (including phenoxy) is 2. The van der Waals surface area contributed by atoms with E-state index in [1.165, 1.54) is 10.6 Å². The van der Waals surface area contributed by atoms with Crippen molar-refractivity contribution in [1.29, 1.82) is 0 Å². The quantitative estimate of drug-likeness (QED) is 0.198. The van der Waals surface area contributed by atoms with Crippen molar-refractivity contribution < 1.29 is 34.1 Å². The van der Waals surface area contributed by atoms with Gasteiger partial charge in [0, 0.05) is 23.6 Å². The zero-order valence-corrected chi connectivity index (χ0v) is 23.6. The Balaban J connectivity index is 1.80. The van der Waals surface area contributed by atoms with E-state index in [1.54, 1.807) is 46.9 Å². The second-order valence-corrected chi connectivity index (χ2v) is 11.4. The molecule has 0 bridgehead atoms. The lowest BCUT2D eigenvalue weighted by molar-refractivity contribution is -0.146. The SMILES string of the molecule is Cc1cc(O)c(C(C)(C)CCOC(=O)[C@H](Cc2cn(C=O)c3ccccc23)NC(=O)OC(C)(C)C)c(C)c1O. The lowest BCUT2D eigenvalue weighted by atomic mass is 9.78. The van der Waals surface area contributed by atoms with E-state index >= 15 is 0 Å². The minimum Gasteiger partial charge on any atom is -0.508 e. The molecule has 210 valence electrons. The van der Waals surface area contributed by atoms with Gasteiger partial charge in [0.15, 0.2) is 0 Å². The lowest BCUT2D eigenvalue weighted by Crippen LogP contribution is -2.45. The Bertz CT molecular complexity index is 1380. The molecule has 9 heteroatoms. The third-order valence-corrected chi connectivity index (χ3v) is 6.70. The number of aromatic nitrogens is 1. The number of hydrogen-bond donors (Lipinski definition) is 3. The summed E-state index contributed by atoms with van der Waals surface area (Å²) in [4.78, 5) is 37.4. The standard InChI is InChI=1S/C30H38N2O7/c1-18-14-24(34)25(19(2)26(18)35)30(6,7)12-13-38-27(36)22(31-28(37)39-29(3,4)5)15-20-16-32(17-33)23-11-9-8-10-21(20)23/h8-11,14,16-17,22,34-35H,12-13,15H2,1-7H3,(H,31,37)/t22-/m0/s1. The highest BCUT2D eigenvalue weighted by Gasteiger charge is 2.31. The van der Waals surface area contributed by atoms with Crippen LogP contribution in [0.15, 0.2) is 36.5 Å². The van der Waals surface area contributed by atoms with Gasteiger partial charge >= 0.3 is 12.1 Å². The van der Waals surface area contributed by atoms with Crippen LogP contribution in [0.3, 0.4) is 0 Å². The first-order chi connectivity index (χ1) is 18.1. The Morgan fingerprint density at radius 3 is 2.41 bits per heavy atom. The van der Waals surface area contributed by atoms with Crippen LogP contribution in [0.1, 0.15) is 63.3 Å². The van der Waals surface area contributed by atoms with Crippen LogP contribution < -0.4 is 5.32 Å². The van der Waals surface area contributed by atoms with Crippen molar-refractivity contribution in [3.8, 4) is 11.5 Å². The summed E-state index contributed by atoms with van der Waals surface area (Å²) in [6.07, 6.45) is 1.98. The summed E-state index contributed by atoms with van der Waals surface area (Å²) in [6.45, 7) is 12.4. The average molecular weight is 539 g/mol. The number of alkyl carbamates (subject to hydrolysis) is 1. The molecule has 0 saturated carbocycles. The Hall–Kier alpha value is -4.01. The number of fused-ring (bicyclic) bond motifs is 1. The summed E-state index contributed by atoms with van der Waals surface area (Å²) in [5.74, 6) is -0.480. The number of nitrogens with zero attached hydrogens (tertiary/aromatic N) is 1. The molecule has 3 aromatic rings. The summed E-state index contributed by atoms with van der Waals surface area (Å²) in [6, 6.07) is 7.72. The molecule has 0 aliphatic heterocycles. The van der Waals surface area contributed by atoms with Crippen LogP contribution in [0, 0.1) is 13.8 Å². The largest absolute Gasteiger partial charge is 0.508 e. The molecular formula is C30H38N2O7.